The fourth-order valence-electron chi connectivity index (χ4n) is 3.24. The molecule has 11 heteroatoms. The van der Waals surface area contributed by atoms with Gasteiger partial charge < -0.3 is 9.88 Å². The predicted molar refractivity (Wildman–Crippen MR) is 107 cm³/mol. The van der Waals surface area contributed by atoms with Gasteiger partial charge in [-0.25, -0.2) is 17.2 Å². The van der Waals surface area contributed by atoms with Crippen LogP contribution in [-0.2, 0) is 23.4 Å². The lowest BCUT2D eigenvalue weighted by atomic mass is 10.2. The Morgan fingerprint density at radius 2 is 1.87 bits per heavy atom. The molecule has 0 spiro atoms. The number of carbonyl (C=O) groups is 1. The third-order valence-corrected chi connectivity index (χ3v) is 6.98. The summed E-state index contributed by atoms with van der Waals surface area (Å²) in [6.45, 7) is 1.16. The van der Waals surface area contributed by atoms with Crippen molar-refractivity contribution in [3.63, 3.8) is 0 Å². The van der Waals surface area contributed by atoms with Crippen LogP contribution in [0.3, 0.4) is 0 Å². The number of benzene rings is 1. The molecule has 3 aromatic heterocycles. The number of rotatable bonds is 5. The van der Waals surface area contributed by atoms with E-state index in [1.54, 1.807) is 13.0 Å². The molecule has 1 amide bonds. The molecule has 0 unspecified atom stereocenters. The topological polar surface area (TPSA) is 110 Å². The summed E-state index contributed by atoms with van der Waals surface area (Å²) < 4.78 is 55.3. The van der Waals surface area contributed by atoms with E-state index in [0.717, 1.165) is 12.4 Å². The van der Waals surface area contributed by atoms with Gasteiger partial charge >= 0.3 is 0 Å². The number of pyridine rings is 1. The first-order chi connectivity index (χ1) is 14.7. The highest BCUT2D eigenvalue weighted by Gasteiger charge is 2.26. The Morgan fingerprint density at radius 3 is 2.58 bits per heavy atom. The number of halogens is 2. The van der Waals surface area contributed by atoms with Crippen molar-refractivity contribution in [3.05, 3.63) is 71.4 Å². The minimum Gasteiger partial charge on any atom is -0.346 e. The van der Waals surface area contributed by atoms with E-state index in [2.05, 4.69) is 20.5 Å². The van der Waals surface area contributed by atoms with Crippen molar-refractivity contribution in [2.75, 3.05) is 0 Å². The normalized spacial score (nSPS) is 11.7. The molecule has 1 aromatic carbocycles. The van der Waals surface area contributed by atoms with Gasteiger partial charge in [0, 0.05) is 30.2 Å². The summed E-state index contributed by atoms with van der Waals surface area (Å²) in [4.78, 5) is 16.0. The van der Waals surface area contributed by atoms with Gasteiger partial charge in [0.15, 0.2) is 0 Å². The van der Waals surface area contributed by atoms with E-state index in [1.807, 2.05) is 0 Å². The van der Waals surface area contributed by atoms with Crippen LogP contribution in [-0.4, -0.2) is 34.1 Å². The molecule has 31 heavy (non-hydrogen) atoms. The smallest absolute Gasteiger partial charge is 0.268 e. The van der Waals surface area contributed by atoms with E-state index in [1.165, 1.54) is 36.0 Å². The molecule has 2 N–H and O–H groups in total. The minimum absolute atomic E-state index is 0.0373. The van der Waals surface area contributed by atoms with Crippen molar-refractivity contribution in [1.29, 1.82) is 0 Å². The van der Waals surface area contributed by atoms with Gasteiger partial charge in [-0.2, -0.15) is 5.10 Å². The average molecular weight is 445 g/mol. The van der Waals surface area contributed by atoms with Crippen LogP contribution >= 0.6 is 0 Å². The minimum atomic E-state index is -3.93. The zero-order valence-corrected chi connectivity index (χ0v) is 17.3. The van der Waals surface area contributed by atoms with Crippen LogP contribution in [0.15, 0.2) is 52.6 Å². The molecule has 0 saturated heterocycles. The number of carbonyl (C=O) groups excluding carboxylic acids is 1. The van der Waals surface area contributed by atoms with E-state index in [9.17, 15) is 22.0 Å². The monoisotopic (exact) mass is 445 g/mol. The van der Waals surface area contributed by atoms with E-state index >= 15 is 0 Å². The van der Waals surface area contributed by atoms with Crippen LogP contribution in [0, 0.1) is 18.6 Å². The Bertz CT molecular complexity index is 1410. The van der Waals surface area contributed by atoms with Gasteiger partial charge in [0.25, 0.3) is 5.91 Å². The Hall–Kier alpha value is -3.60. The maximum Gasteiger partial charge on any atom is 0.268 e. The quantitative estimate of drug-likeness (QED) is 0.491. The zero-order valence-electron chi connectivity index (χ0n) is 16.5. The van der Waals surface area contributed by atoms with Crippen LogP contribution in [0.5, 0.6) is 0 Å². The molecule has 0 saturated carbocycles. The molecular weight excluding hydrogens is 428 g/mol. The molecule has 0 aliphatic heterocycles. The van der Waals surface area contributed by atoms with Gasteiger partial charge in [-0.1, -0.05) is 0 Å². The SMILES string of the molecule is Cc1c(S(=O)(=O)c2ccc3[nH]ncc3c2)cc(C(=O)NCc2c(F)cncc2F)n1C. The summed E-state index contributed by atoms with van der Waals surface area (Å²) in [5.74, 6) is -2.45. The fourth-order valence-corrected chi connectivity index (χ4v) is 4.82. The highest BCUT2D eigenvalue weighted by molar-refractivity contribution is 7.91. The molecular formula is C20H17F2N5O3S. The lowest BCUT2D eigenvalue weighted by Gasteiger charge is -2.08. The first-order valence-electron chi connectivity index (χ1n) is 9.10. The standard InChI is InChI=1S/C20H17F2N5O3S/c1-11-19(31(29,30)13-3-4-17-12(5-13)7-25-26-17)6-18(27(11)2)20(28)24-8-14-15(21)9-23-10-16(14)22/h3-7,9-10H,8H2,1-2H3,(H,24,28)(H,25,26). The Kier molecular flexibility index (Phi) is 5.05. The van der Waals surface area contributed by atoms with Crippen LogP contribution in [0.2, 0.25) is 0 Å². The molecule has 0 bridgehead atoms. The van der Waals surface area contributed by atoms with E-state index < -0.39 is 33.9 Å². The first-order valence-corrected chi connectivity index (χ1v) is 10.6. The molecule has 0 fully saturated rings. The van der Waals surface area contributed by atoms with Crippen molar-refractivity contribution in [2.45, 2.75) is 23.3 Å². The zero-order chi connectivity index (χ0) is 22.3. The van der Waals surface area contributed by atoms with Gasteiger partial charge in [0.1, 0.15) is 17.3 Å². The van der Waals surface area contributed by atoms with Crippen molar-refractivity contribution in [1.82, 2.24) is 25.1 Å². The number of amides is 1. The summed E-state index contributed by atoms with van der Waals surface area (Å²) in [5.41, 5.74) is 0.740. The number of hydrogen-bond donors (Lipinski definition) is 2. The van der Waals surface area contributed by atoms with Crippen molar-refractivity contribution in [3.8, 4) is 0 Å². The van der Waals surface area contributed by atoms with E-state index in [0.29, 0.717) is 16.6 Å². The van der Waals surface area contributed by atoms with Gasteiger partial charge in [0.05, 0.1) is 33.9 Å². The molecule has 8 nitrogen and oxygen atoms in total. The molecule has 3 heterocycles. The molecule has 0 atom stereocenters. The summed E-state index contributed by atoms with van der Waals surface area (Å²) in [7, 11) is -2.39. The van der Waals surface area contributed by atoms with Gasteiger partial charge in [-0.15, -0.1) is 0 Å². The maximum atomic E-state index is 13.7. The van der Waals surface area contributed by atoms with E-state index in [4.69, 9.17) is 0 Å². The highest BCUT2D eigenvalue weighted by Crippen LogP contribution is 2.28. The first kappa shape index (κ1) is 20.7. The number of nitrogens with one attached hydrogen (secondary N) is 2. The van der Waals surface area contributed by atoms with Crippen LogP contribution < -0.4 is 5.32 Å². The summed E-state index contributed by atoms with van der Waals surface area (Å²) in [6, 6.07) is 5.81. The number of H-pyrrole nitrogens is 1. The lowest BCUT2D eigenvalue weighted by molar-refractivity contribution is 0.0942. The molecule has 0 aliphatic carbocycles. The second-order valence-electron chi connectivity index (χ2n) is 6.93. The van der Waals surface area contributed by atoms with Gasteiger partial charge in [-0.05, 0) is 31.2 Å². The summed E-state index contributed by atoms with van der Waals surface area (Å²) in [5, 5.41) is 9.68. The third-order valence-electron chi connectivity index (χ3n) is 5.11. The second-order valence-corrected chi connectivity index (χ2v) is 8.84. The fraction of sp³-hybridized carbons (Fsp3) is 0.150. The Morgan fingerprint density at radius 1 is 1.16 bits per heavy atom. The maximum absolute atomic E-state index is 13.7. The number of fused-ring (bicyclic) bond motifs is 1. The van der Waals surface area contributed by atoms with Gasteiger partial charge in [-0.3, -0.25) is 14.9 Å². The predicted octanol–water partition coefficient (Wildman–Crippen LogP) is 2.65. The number of sulfone groups is 1. The molecule has 4 aromatic rings. The second kappa shape index (κ2) is 7.58. The number of aromatic amines is 1. The highest BCUT2D eigenvalue weighted by atomic mass is 32.2. The Balaban J connectivity index is 1.65. The number of nitrogens with zero attached hydrogens (tertiary/aromatic N) is 3. The van der Waals surface area contributed by atoms with Crippen LogP contribution in [0.25, 0.3) is 10.9 Å². The van der Waals surface area contributed by atoms with Crippen molar-refractivity contribution >= 4 is 26.6 Å². The van der Waals surface area contributed by atoms with Gasteiger partial charge in [0.2, 0.25) is 9.84 Å². The largest absolute Gasteiger partial charge is 0.346 e. The lowest BCUT2D eigenvalue weighted by Crippen LogP contribution is -2.26. The number of hydrogen-bond acceptors (Lipinski definition) is 5. The van der Waals surface area contributed by atoms with Crippen LogP contribution in [0.4, 0.5) is 8.78 Å². The van der Waals surface area contributed by atoms with Crippen molar-refractivity contribution < 1.29 is 22.0 Å². The summed E-state index contributed by atoms with van der Waals surface area (Å²) >= 11 is 0. The molecule has 160 valence electrons. The molecule has 0 aliphatic rings. The Labute approximate surface area is 175 Å². The molecule has 4 rings (SSSR count). The number of aromatic nitrogens is 4. The van der Waals surface area contributed by atoms with Crippen molar-refractivity contribution in [2.24, 2.45) is 7.05 Å². The third kappa shape index (κ3) is 3.56. The molecule has 0 radical (unpaired) electrons. The van der Waals surface area contributed by atoms with E-state index in [-0.39, 0.29) is 21.0 Å². The van der Waals surface area contributed by atoms with Crippen LogP contribution in [0.1, 0.15) is 21.7 Å². The summed E-state index contributed by atoms with van der Waals surface area (Å²) in [6.07, 6.45) is 3.21. The average Bonchev–Trinajstić information content (AvgIpc) is 3.32.